The van der Waals surface area contributed by atoms with Crippen molar-refractivity contribution in [3.8, 4) is 5.75 Å². The smallest absolute Gasteiger partial charge is 0.439 e. The van der Waals surface area contributed by atoms with Crippen LogP contribution in [0.4, 0.5) is 67.2 Å². The molecule has 0 spiro atoms. The highest BCUT2D eigenvalue weighted by molar-refractivity contribution is 5.98. The molecule has 34 heavy (non-hydrogen) atoms. The Bertz CT molecular complexity index is 907. The zero-order valence-corrected chi connectivity index (χ0v) is 15.8. The molecule has 1 N–H and O–H groups in total. The van der Waals surface area contributed by atoms with Gasteiger partial charge in [0.15, 0.2) is 0 Å². The highest BCUT2D eigenvalue weighted by Gasteiger charge is 2.92. The second-order valence-corrected chi connectivity index (χ2v) is 6.43. The van der Waals surface area contributed by atoms with Crippen LogP contribution in [-0.2, 0) is 9.53 Å². The summed E-state index contributed by atoms with van der Waals surface area (Å²) in [5, 5.41) is 0.790. The van der Waals surface area contributed by atoms with E-state index >= 15 is 0 Å². The highest BCUT2D eigenvalue weighted by atomic mass is 19.4. The van der Waals surface area contributed by atoms with Crippen LogP contribution in [0.2, 0.25) is 0 Å². The first-order valence-electron chi connectivity index (χ1n) is 8.11. The van der Waals surface area contributed by atoms with E-state index in [0.29, 0.717) is 12.1 Å². The molecule has 0 radical (unpaired) electrons. The number of alkyl halides is 14. The third kappa shape index (κ3) is 3.77. The molecule has 0 unspecified atom stereocenters. The van der Waals surface area contributed by atoms with Crippen LogP contribution in [0.15, 0.2) is 24.3 Å². The maximum Gasteiger partial charge on any atom is 0.439 e. The van der Waals surface area contributed by atoms with Crippen LogP contribution in [0.5, 0.6) is 5.75 Å². The van der Waals surface area contributed by atoms with Gasteiger partial charge in [-0.2, -0.15) is 57.1 Å². The fraction of sp³-hybridized carbons (Fsp3) is 0.533. The van der Waals surface area contributed by atoms with Crippen LogP contribution in [0.3, 0.4) is 0 Å². The predicted octanol–water partition coefficient (Wildman–Crippen LogP) is 5.20. The van der Waals surface area contributed by atoms with Crippen molar-refractivity contribution in [3.63, 3.8) is 0 Å². The first-order valence-corrected chi connectivity index (χ1v) is 8.11. The van der Waals surface area contributed by atoms with Gasteiger partial charge < -0.3 is 10.1 Å². The maximum atomic E-state index is 14.7. The van der Waals surface area contributed by atoms with E-state index < -0.39 is 58.7 Å². The molecule has 19 heteroatoms. The monoisotopic (exact) mass is 530 g/mol. The van der Waals surface area contributed by atoms with Gasteiger partial charge >= 0.3 is 42.2 Å². The van der Waals surface area contributed by atoms with E-state index in [1.807, 2.05) is 4.74 Å². The summed E-state index contributed by atoms with van der Waals surface area (Å²) in [4.78, 5) is 7.80. The summed E-state index contributed by atoms with van der Waals surface area (Å²) in [6.07, 6.45) is -21.4. The van der Waals surface area contributed by atoms with Gasteiger partial charge in [0.25, 0.3) is 5.91 Å². The predicted molar refractivity (Wildman–Crippen MR) is 79.2 cm³/mol. The van der Waals surface area contributed by atoms with E-state index in [2.05, 4.69) is 4.74 Å². The number of carbonyl (C=O) groups excluding carboxylic acids is 1. The molecule has 0 saturated carbocycles. The van der Waals surface area contributed by atoms with Gasteiger partial charge in [-0.05, 0) is 24.3 Å². The third-order valence-corrected chi connectivity index (χ3v) is 4.27. The highest BCUT2D eigenvalue weighted by Crippen LogP contribution is 2.62. The van der Waals surface area contributed by atoms with Crippen LogP contribution in [0.1, 0.15) is 0 Å². The molecule has 0 aliphatic carbocycles. The minimum absolute atomic E-state index is 0.0669. The van der Waals surface area contributed by atoms with E-state index in [4.69, 9.17) is 0 Å². The van der Waals surface area contributed by atoms with Gasteiger partial charge in [-0.15, -0.1) is 4.90 Å². The Morgan fingerprint density at radius 2 is 1.26 bits per heavy atom. The molecule has 0 bridgehead atoms. The Morgan fingerprint density at radius 1 is 0.853 bits per heavy atom. The fourth-order valence-corrected chi connectivity index (χ4v) is 2.55. The minimum atomic E-state index is -7.80. The Balaban J connectivity index is 2.71. The van der Waals surface area contributed by atoms with Crippen molar-refractivity contribution >= 4 is 11.6 Å². The molecule has 2 rings (SSSR count). The quantitative estimate of drug-likeness (QED) is 0.420. The lowest BCUT2D eigenvalue weighted by atomic mass is 9.98. The Morgan fingerprint density at radius 3 is 1.62 bits per heavy atom. The number of hydrogen-bond donors (Lipinski definition) is 1. The van der Waals surface area contributed by atoms with E-state index in [1.54, 1.807) is 0 Å². The number of hydrogen-bond acceptors (Lipinski definition) is 4. The number of halogens is 14. The summed E-state index contributed by atoms with van der Waals surface area (Å²) in [6, 6.07) is -19.8. The Hall–Kier alpha value is -2.57. The molecule has 1 atom stereocenters. The van der Waals surface area contributed by atoms with Crippen molar-refractivity contribution < 1.29 is 75.7 Å². The molecule has 1 heterocycles. The van der Waals surface area contributed by atoms with Crippen LogP contribution in [0, 0.1) is 0 Å². The van der Waals surface area contributed by atoms with Crippen molar-refractivity contribution in [1.29, 1.82) is 0 Å². The summed E-state index contributed by atoms with van der Waals surface area (Å²) >= 11 is 0. The van der Waals surface area contributed by atoms with Crippen LogP contribution in [0.25, 0.3) is 0 Å². The Labute approximate surface area is 178 Å². The third-order valence-electron chi connectivity index (χ3n) is 4.27. The minimum Gasteiger partial charge on any atom is -0.497 e. The largest absolute Gasteiger partial charge is 0.497 e. The second kappa shape index (κ2) is 7.72. The van der Waals surface area contributed by atoms with Gasteiger partial charge in [0.05, 0.1) is 7.11 Å². The lowest BCUT2D eigenvalue weighted by Crippen LogP contribution is -2.82. The zero-order chi connectivity index (χ0) is 26.8. The molecule has 1 aromatic rings. The number of nitrogens with one attached hydrogen (secondary N) is 1. The average molecular weight is 530 g/mol. The van der Waals surface area contributed by atoms with Crippen molar-refractivity contribution in [2.75, 3.05) is 12.4 Å². The summed E-state index contributed by atoms with van der Waals surface area (Å²) in [6.45, 7) is 0. The second-order valence-electron chi connectivity index (χ2n) is 6.43. The summed E-state index contributed by atoms with van der Waals surface area (Å²) < 4.78 is 198. The van der Waals surface area contributed by atoms with Gasteiger partial charge in [-0.3, -0.25) is 4.79 Å². The number of amides is 1. The maximum absolute atomic E-state index is 14.7. The number of carbonyl (C=O) groups is 1. The van der Waals surface area contributed by atoms with Crippen LogP contribution >= 0.6 is 0 Å². The van der Waals surface area contributed by atoms with E-state index in [9.17, 15) is 66.3 Å². The van der Waals surface area contributed by atoms with Gasteiger partial charge in [0.1, 0.15) is 5.75 Å². The summed E-state index contributed by atoms with van der Waals surface area (Å²) in [5.41, 5.74) is -8.21. The molecule has 1 aliphatic heterocycles. The van der Waals surface area contributed by atoms with E-state index in [1.165, 1.54) is 0 Å². The SMILES string of the molecule is COc1ccc(NC(=O)[C@](F)(C(F)(F)F)C(F)(F)N2C(F)(F)C(F)(F)OC(F)(F)C2(F)F)cc1. The van der Waals surface area contributed by atoms with Crippen LogP contribution in [-0.4, -0.2) is 60.1 Å². The van der Waals surface area contributed by atoms with Gasteiger partial charge in [0, 0.05) is 5.69 Å². The molecule has 1 aromatic carbocycles. The van der Waals surface area contributed by atoms with Gasteiger partial charge in [-0.25, -0.2) is 9.13 Å². The number of anilines is 1. The molecule has 194 valence electrons. The van der Waals surface area contributed by atoms with Gasteiger partial charge in [-0.1, -0.05) is 0 Å². The number of rotatable bonds is 5. The Kier molecular flexibility index (Phi) is 6.28. The molecule has 1 saturated heterocycles. The van der Waals surface area contributed by atoms with Gasteiger partial charge in [0.2, 0.25) is 0 Å². The lowest BCUT2D eigenvalue weighted by molar-refractivity contribution is -0.592. The molecule has 5 nitrogen and oxygen atoms in total. The first-order chi connectivity index (χ1) is 15.0. The number of methoxy groups -OCH3 is 1. The number of nitrogens with zero attached hydrogens (tertiary/aromatic N) is 1. The molecule has 1 aliphatic rings. The van der Waals surface area contributed by atoms with E-state index in [0.717, 1.165) is 24.6 Å². The van der Waals surface area contributed by atoms with E-state index in [-0.39, 0.29) is 5.75 Å². The standard InChI is InChI=1S/C15H8F14N2O3/c1-33-7-4-2-6(3-5-7)30-8(32)9(16,10(17,18)19)11(20,21)31-12(22,23)14(26,27)34-15(28,29)13(31,24)25/h2-5H,1H3,(H,30,32)/t9-/m0/s1. The topological polar surface area (TPSA) is 50.8 Å². The van der Waals surface area contributed by atoms with Crippen molar-refractivity contribution in [3.05, 3.63) is 24.3 Å². The molecule has 0 aromatic heterocycles. The van der Waals surface area contributed by atoms with Crippen LogP contribution < -0.4 is 10.1 Å². The normalized spacial score (nSPS) is 23.6. The first kappa shape index (κ1) is 27.7. The molecule has 1 fully saturated rings. The number of ether oxygens (including phenoxy) is 2. The summed E-state index contributed by atoms with van der Waals surface area (Å²) in [7, 11) is 1.07. The average Bonchev–Trinajstić information content (AvgIpc) is 2.64. The fourth-order valence-electron chi connectivity index (χ4n) is 2.55. The number of morpholine rings is 1. The lowest BCUT2D eigenvalue weighted by Gasteiger charge is -2.51. The number of benzene rings is 1. The molecular weight excluding hydrogens is 522 g/mol. The zero-order valence-electron chi connectivity index (χ0n) is 15.8. The van der Waals surface area contributed by atoms with Crippen molar-refractivity contribution in [2.24, 2.45) is 0 Å². The summed E-state index contributed by atoms with van der Waals surface area (Å²) in [5.74, 6) is -3.76. The molecule has 1 amide bonds. The van der Waals surface area contributed by atoms with Crippen molar-refractivity contribution in [2.45, 2.75) is 42.2 Å². The molecular formula is C15H8F14N2O3. The van der Waals surface area contributed by atoms with Crippen molar-refractivity contribution in [1.82, 2.24) is 4.90 Å².